The van der Waals surface area contributed by atoms with Crippen molar-refractivity contribution >= 4 is 35.2 Å². The molecule has 160 valence electrons. The van der Waals surface area contributed by atoms with Gasteiger partial charge in [0.1, 0.15) is 29.5 Å². The molecule has 0 saturated carbocycles. The third-order valence-corrected chi connectivity index (χ3v) is 4.57. The number of nitrogens with zero attached hydrogens (tertiary/aromatic N) is 5. The summed E-state index contributed by atoms with van der Waals surface area (Å²) in [7, 11) is 3.61. The molecule has 30 heavy (non-hydrogen) atoms. The predicted molar refractivity (Wildman–Crippen MR) is 114 cm³/mol. The fraction of sp³-hybridized carbons (Fsp3) is 0.421. The predicted octanol–water partition coefficient (Wildman–Crippen LogP) is 1.20. The minimum atomic E-state index is -0.347. The van der Waals surface area contributed by atoms with Gasteiger partial charge in [-0.15, -0.1) is 0 Å². The summed E-state index contributed by atoms with van der Waals surface area (Å²) >= 11 is 0. The highest BCUT2D eigenvalue weighted by atomic mass is 16.1. The normalized spacial score (nSPS) is 12.0. The second-order valence-corrected chi connectivity index (χ2v) is 6.76. The van der Waals surface area contributed by atoms with Crippen LogP contribution in [-0.2, 0) is 4.79 Å². The second kappa shape index (κ2) is 9.83. The largest absolute Gasteiger partial charge is 0.373 e. The lowest BCUT2D eigenvalue weighted by atomic mass is 10.2. The number of rotatable bonds is 11. The van der Waals surface area contributed by atoms with Crippen LogP contribution in [0.25, 0.3) is 5.65 Å². The Labute approximate surface area is 174 Å². The van der Waals surface area contributed by atoms with Crippen molar-refractivity contribution < 1.29 is 9.59 Å². The van der Waals surface area contributed by atoms with Crippen LogP contribution in [0.15, 0.2) is 24.7 Å². The van der Waals surface area contributed by atoms with Crippen LogP contribution in [0.4, 0.5) is 17.3 Å². The van der Waals surface area contributed by atoms with Gasteiger partial charge in [0.2, 0.25) is 0 Å². The molecule has 0 bridgehead atoms. The molecule has 0 spiro atoms. The Kier molecular flexibility index (Phi) is 6.96. The highest BCUT2D eigenvalue weighted by Gasteiger charge is 2.17. The molecule has 0 aromatic carbocycles. The van der Waals surface area contributed by atoms with Gasteiger partial charge in [-0.2, -0.15) is 14.7 Å². The van der Waals surface area contributed by atoms with Crippen molar-refractivity contribution in [2.24, 2.45) is 0 Å². The van der Waals surface area contributed by atoms with Crippen molar-refractivity contribution in [2.45, 2.75) is 25.8 Å². The van der Waals surface area contributed by atoms with Crippen LogP contribution >= 0.6 is 0 Å². The number of aldehydes is 1. The second-order valence-electron chi connectivity index (χ2n) is 6.76. The number of fused-ring (bicyclic) bond motifs is 1. The van der Waals surface area contributed by atoms with Gasteiger partial charge >= 0.3 is 0 Å². The Bertz CT molecular complexity index is 1010. The number of carbonyl (C=O) groups is 2. The highest BCUT2D eigenvalue weighted by molar-refractivity contribution is 6.00. The van der Waals surface area contributed by atoms with E-state index in [-0.39, 0.29) is 11.9 Å². The third kappa shape index (κ3) is 4.57. The average Bonchev–Trinajstić information content (AvgIpc) is 3.39. The van der Waals surface area contributed by atoms with E-state index in [0.29, 0.717) is 48.0 Å². The topological polar surface area (TPSA) is 130 Å². The van der Waals surface area contributed by atoms with Gasteiger partial charge in [-0.1, -0.05) is 6.92 Å². The third-order valence-electron chi connectivity index (χ3n) is 4.57. The summed E-state index contributed by atoms with van der Waals surface area (Å²) in [5.41, 5.74) is 1.51. The van der Waals surface area contributed by atoms with E-state index >= 15 is 0 Å². The first-order chi connectivity index (χ1) is 14.6. The van der Waals surface area contributed by atoms with Crippen molar-refractivity contribution in [3.8, 4) is 0 Å². The van der Waals surface area contributed by atoms with E-state index in [1.165, 1.54) is 6.20 Å². The SMILES string of the molecule is CCCNC(=O)c1cnn2c(NC)cc(Nc3cnn(C(C=O)CCNC)c3)nc12. The number of hydrogen-bond donors (Lipinski definition) is 4. The zero-order valence-corrected chi connectivity index (χ0v) is 17.3. The van der Waals surface area contributed by atoms with E-state index in [1.54, 1.807) is 34.7 Å². The van der Waals surface area contributed by atoms with E-state index in [9.17, 15) is 9.59 Å². The van der Waals surface area contributed by atoms with Crippen molar-refractivity contribution in [3.63, 3.8) is 0 Å². The molecule has 3 aromatic heterocycles. The molecule has 3 rings (SSSR count). The average molecular weight is 413 g/mol. The van der Waals surface area contributed by atoms with Crippen LogP contribution in [0.5, 0.6) is 0 Å². The number of carbonyl (C=O) groups excluding carboxylic acids is 2. The number of amides is 1. The van der Waals surface area contributed by atoms with Crippen molar-refractivity contribution in [3.05, 3.63) is 30.2 Å². The molecule has 3 heterocycles. The number of anilines is 3. The van der Waals surface area contributed by atoms with E-state index in [0.717, 1.165) is 12.7 Å². The molecule has 0 radical (unpaired) electrons. The number of hydrogen-bond acceptors (Lipinski definition) is 8. The molecule has 11 nitrogen and oxygen atoms in total. The van der Waals surface area contributed by atoms with Crippen molar-refractivity contribution in [1.82, 2.24) is 35.0 Å². The molecule has 1 amide bonds. The minimum absolute atomic E-state index is 0.218. The lowest BCUT2D eigenvalue weighted by Gasteiger charge is -2.10. The summed E-state index contributed by atoms with van der Waals surface area (Å²) in [6, 6.07) is 1.43. The molecule has 4 N–H and O–H groups in total. The molecule has 1 atom stereocenters. The van der Waals surface area contributed by atoms with Gasteiger partial charge in [0.25, 0.3) is 5.91 Å². The van der Waals surface area contributed by atoms with Crippen molar-refractivity contribution in [2.75, 3.05) is 37.8 Å². The first-order valence-electron chi connectivity index (χ1n) is 9.87. The Morgan fingerprint density at radius 1 is 1.23 bits per heavy atom. The van der Waals surface area contributed by atoms with E-state index in [1.807, 2.05) is 14.0 Å². The fourth-order valence-corrected chi connectivity index (χ4v) is 2.99. The summed E-state index contributed by atoms with van der Waals surface area (Å²) in [6.45, 7) is 3.28. The summed E-state index contributed by atoms with van der Waals surface area (Å²) in [6.07, 6.45) is 7.25. The highest BCUT2D eigenvalue weighted by Crippen LogP contribution is 2.22. The maximum atomic E-state index is 12.4. The quantitative estimate of drug-likeness (QED) is 0.345. The van der Waals surface area contributed by atoms with Gasteiger partial charge in [-0.3, -0.25) is 9.48 Å². The Hall–Kier alpha value is -3.47. The molecule has 3 aromatic rings. The summed E-state index contributed by atoms with van der Waals surface area (Å²) < 4.78 is 3.20. The lowest BCUT2D eigenvalue weighted by molar-refractivity contribution is -0.110. The minimum Gasteiger partial charge on any atom is -0.373 e. The molecule has 0 aliphatic rings. The molecule has 1 unspecified atom stereocenters. The van der Waals surface area contributed by atoms with E-state index in [4.69, 9.17) is 0 Å². The van der Waals surface area contributed by atoms with Crippen LogP contribution in [0.1, 0.15) is 36.2 Å². The van der Waals surface area contributed by atoms with Crippen LogP contribution in [0, 0.1) is 0 Å². The zero-order valence-electron chi connectivity index (χ0n) is 17.3. The van der Waals surface area contributed by atoms with Gasteiger partial charge < -0.3 is 26.1 Å². The van der Waals surface area contributed by atoms with Crippen LogP contribution < -0.4 is 21.3 Å². The molecule has 0 aliphatic carbocycles. The lowest BCUT2D eigenvalue weighted by Crippen LogP contribution is -2.24. The molecule has 11 heteroatoms. The van der Waals surface area contributed by atoms with Crippen LogP contribution in [0.2, 0.25) is 0 Å². The summed E-state index contributed by atoms with van der Waals surface area (Å²) in [5.74, 6) is 0.975. The molecular formula is C19H27N9O2. The van der Waals surface area contributed by atoms with Gasteiger partial charge in [0, 0.05) is 25.9 Å². The maximum absolute atomic E-state index is 12.4. The monoisotopic (exact) mass is 413 g/mol. The van der Waals surface area contributed by atoms with Crippen LogP contribution in [0.3, 0.4) is 0 Å². The zero-order chi connectivity index (χ0) is 21.5. The smallest absolute Gasteiger partial charge is 0.256 e. The first-order valence-corrected chi connectivity index (χ1v) is 9.87. The molecule has 0 fully saturated rings. The van der Waals surface area contributed by atoms with Crippen molar-refractivity contribution in [1.29, 1.82) is 0 Å². The fourth-order valence-electron chi connectivity index (χ4n) is 2.99. The van der Waals surface area contributed by atoms with Crippen LogP contribution in [-0.4, -0.2) is 63.8 Å². The maximum Gasteiger partial charge on any atom is 0.256 e. The summed E-state index contributed by atoms with van der Waals surface area (Å²) in [4.78, 5) is 28.4. The van der Waals surface area contributed by atoms with Gasteiger partial charge in [-0.25, -0.2) is 4.98 Å². The number of nitrogens with one attached hydrogen (secondary N) is 4. The molecule has 0 saturated heterocycles. The Morgan fingerprint density at radius 3 is 2.77 bits per heavy atom. The Balaban J connectivity index is 1.87. The van der Waals surface area contributed by atoms with Gasteiger partial charge in [0.15, 0.2) is 5.65 Å². The van der Waals surface area contributed by atoms with Gasteiger partial charge in [0.05, 0.1) is 18.1 Å². The van der Waals surface area contributed by atoms with Gasteiger partial charge in [-0.05, 0) is 26.4 Å². The summed E-state index contributed by atoms with van der Waals surface area (Å²) in [5, 5.41) is 20.7. The Morgan fingerprint density at radius 2 is 2.07 bits per heavy atom. The first kappa shape index (κ1) is 21.2. The molecular weight excluding hydrogens is 386 g/mol. The standard InChI is InChI=1S/C19H27N9O2/c1-4-6-22-19(30)15-10-24-28-17(21-3)8-16(26-18(15)28)25-13-9-23-27(11-13)14(12-29)5-7-20-2/h8-12,14,20-21H,4-7H2,1-3H3,(H,22,30)(H,25,26). The molecule has 0 aliphatic heterocycles. The van der Waals surface area contributed by atoms with E-state index in [2.05, 4.69) is 36.4 Å². The van der Waals surface area contributed by atoms with E-state index < -0.39 is 0 Å². The number of aromatic nitrogens is 5.